The Hall–Kier alpha value is -1.26. The van der Waals surface area contributed by atoms with Crippen molar-refractivity contribution in [1.29, 1.82) is 0 Å². The molecule has 4 heteroatoms. The molecule has 0 spiro atoms. The van der Waals surface area contributed by atoms with E-state index in [0.29, 0.717) is 18.2 Å². The fourth-order valence-electron chi connectivity index (χ4n) is 1.85. The first-order chi connectivity index (χ1) is 10.2. The fraction of sp³-hybridized carbons (Fsp3) is 0.412. The van der Waals surface area contributed by atoms with Gasteiger partial charge in [0.05, 0.1) is 6.61 Å². The quantitative estimate of drug-likeness (QED) is 0.553. The second-order valence-electron chi connectivity index (χ2n) is 4.70. The molecule has 0 amide bonds. The number of hydrogen-bond donors (Lipinski definition) is 1. The highest BCUT2D eigenvalue weighted by Gasteiger charge is 2.07. The molecule has 0 aliphatic heterocycles. The lowest BCUT2D eigenvalue weighted by Crippen LogP contribution is -2.15. The van der Waals surface area contributed by atoms with Crippen molar-refractivity contribution < 1.29 is 4.74 Å². The highest BCUT2D eigenvalue weighted by molar-refractivity contribution is 7.80. The van der Waals surface area contributed by atoms with Gasteiger partial charge in [-0.25, -0.2) is 0 Å². The van der Waals surface area contributed by atoms with E-state index in [0.717, 1.165) is 29.7 Å². The Labute approximate surface area is 138 Å². The molecule has 0 atom stereocenters. The maximum absolute atomic E-state index is 5.53. The number of anilines is 1. The van der Waals surface area contributed by atoms with E-state index >= 15 is 0 Å². The van der Waals surface area contributed by atoms with Gasteiger partial charge in [0.15, 0.2) is 5.05 Å². The van der Waals surface area contributed by atoms with E-state index in [2.05, 4.69) is 37.4 Å². The topological polar surface area (TPSA) is 21.3 Å². The molecule has 1 rings (SSSR count). The molecule has 0 saturated heterocycles. The summed E-state index contributed by atoms with van der Waals surface area (Å²) < 4.78 is 5.53. The number of nitrogens with one attached hydrogen (secondary N) is 1. The number of thiocarbonyl (C=S) groups is 2. The summed E-state index contributed by atoms with van der Waals surface area (Å²) in [6.07, 6.45) is 3.95. The van der Waals surface area contributed by atoms with E-state index in [1.807, 2.05) is 13.0 Å². The number of hydrogen-bond acceptors (Lipinski definition) is 4. The first kappa shape index (κ1) is 17.8. The Morgan fingerprint density at radius 1 is 1.33 bits per heavy atom. The van der Waals surface area contributed by atoms with Gasteiger partial charge < -0.3 is 10.1 Å². The van der Waals surface area contributed by atoms with Crippen molar-refractivity contribution in [3.05, 3.63) is 41.0 Å². The third-order valence-electron chi connectivity index (χ3n) is 3.17. The Bertz CT molecular complexity index is 524. The lowest BCUT2D eigenvalue weighted by atomic mass is 10.1. The van der Waals surface area contributed by atoms with Gasteiger partial charge in [0, 0.05) is 28.7 Å². The van der Waals surface area contributed by atoms with Crippen LogP contribution in [0.25, 0.3) is 0 Å². The highest BCUT2D eigenvalue weighted by Crippen LogP contribution is 2.18. The summed E-state index contributed by atoms with van der Waals surface area (Å²) in [6.45, 7) is 7.48. The SMILES string of the molecule is C/C=C(\CNc1cc(CC)ccc1C=S)C(=S)OCCC. The summed E-state index contributed by atoms with van der Waals surface area (Å²) in [5, 5.41) is 5.68. The Balaban J connectivity index is 2.76. The Morgan fingerprint density at radius 2 is 2.10 bits per heavy atom. The molecule has 0 fully saturated rings. The molecular weight excluding hydrogens is 298 g/mol. The van der Waals surface area contributed by atoms with E-state index in [1.165, 1.54) is 5.56 Å². The van der Waals surface area contributed by atoms with Crippen LogP contribution >= 0.6 is 24.4 Å². The van der Waals surface area contributed by atoms with Crippen LogP contribution < -0.4 is 5.32 Å². The van der Waals surface area contributed by atoms with Gasteiger partial charge in [0.2, 0.25) is 0 Å². The van der Waals surface area contributed by atoms with Crippen molar-refractivity contribution in [3.63, 3.8) is 0 Å². The molecule has 1 aromatic rings. The van der Waals surface area contributed by atoms with E-state index in [9.17, 15) is 0 Å². The summed E-state index contributed by atoms with van der Waals surface area (Å²) in [5.74, 6) is 0. The standard InChI is InChI=1S/C17H23NOS2/c1-4-9-19-17(21)14(6-3)11-18-16-10-13(5-2)7-8-15(16)12-20/h6-8,10,12,18H,4-5,9,11H2,1-3H3/b14-6+. The van der Waals surface area contributed by atoms with Crippen LogP contribution in [0.1, 0.15) is 38.3 Å². The van der Waals surface area contributed by atoms with Crippen LogP contribution in [0.4, 0.5) is 5.69 Å². The molecule has 1 aromatic carbocycles. The Morgan fingerprint density at radius 3 is 2.67 bits per heavy atom. The van der Waals surface area contributed by atoms with Gasteiger partial charge in [-0.15, -0.1) is 0 Å². The zero-order valence-electron chi connectivity index (χ0n) is 12.9. The van der Waals surface area contributed by atoms with Crippen molar-refractivity contribution in [2.75, 3.05) is 18.5 Å². The van der Waals surface area contributed by atoms with Crippen molar-refractivity contribution in [2.24, 2.45) is 0 Å². The van der Waals surface area contributed by atoms with Crippen molar-refractivity contribution in [3.8, 4) is 0 Å². The molecule has 0 aromatic heterocycles. The largest absolute Gasteiger partial charge is 0.483 e. The zero-order chi connectivity index (χ0) is 15.7. The molecule has 1 N–H and O–H groups in total. The van der Waals surface area contributed by atoms with Crippen LogP contribution in [0.5, 0.6) is 0 Å². The van der Waals surface area contributed by atoms with Crippen LogP contribution in [0, 0.1) is 0 Å². The second kappa shape index (κ2) is 9.64. The minimum absolute atomic E-state index is 0.572. The molecule has 21 heavy (non-hydrogen) atoms. The van der Waals surface area contributed by atoms with E-state index < -0.39 is 0 Å². The summed E-state index contributed by atoms with van der Waals surface area (Å²) in [5.41, 5.74) is 4.35. The van der Waals surface area contributed by atoms with Gasteiger partial charge >= 0.3 is 0 Å². The van der Waals surface area contributed by atoms with Gasteiger partial charge in [-0.3, -0.25) is 0 Å². The van der Waals surface area contributed by atoms with Gasteiger partial charge in [0.25, 0.3) is 0 Å². The highest BCUT2D eigenvalue weighted by atomic mass is 32.1. The summed E-state index contributed by atoms with van der Waals surface area (Å²) in [7, 11) is 0. The zero-order valence-corrected chi connectivity index (χ0v) is 14.6. The lowest BCUT2D eigenvalue weighted by molar-refractivity contribution is 0.313. The van der Waals surface area contributed by atoms with E-state index in [4.69, 9.17) is 29.2 Å². The van der Waals surface area contributed by atoms with Gasteiger partial charge in [-0.1, -0.05) is 44.3 Å². The van der Waals surface area contributed by atoms with Crippen LogP contribution in [-0.4, -0.2) is 23.6 Å². The average Bonchev–Trinajstić information content (AvgIpc) is 2.53. The number of aryl methyl sites for hydroxylation is 1. The minimum Gasteiger partial charge on any atom is -0.483 e. The number of benzene rings is 1. The maximum atomic E-state index is 5.53. The number of rotatable bonds is 8. The molecule has 2 nitrogen and oxygen atoms in total. The third-order valence-corrected chi connectivity index (χ3v) is 3.80. The predicted molar refractivity (Wildman–Crippen MR) is 99.7 cm³/mol. The number of allylic oxidation sites excluding steroid dienone is 1. The van der Waals surface area contributed by atoms with Gasteiger partial charge in [0.1, 0.15) is 0 Å². The van der Waals surface area contributed by atoms with Crippen LogP contribution in [0.2, 0.25) is 0 Å². The summed E-state index contributed by atoms with van der Waals surface area (Å²) in [6, 6.07) is 6.30. The monoisotopic (exact) mass is 321 g/mol. The molecule has 0 aliphatic carbocycles. The van der Waals surface area contributed by atoms with Gasteiger partial charge in [-0.2, -0.15) is 0 Å². The van der Waals surface area contributed by atoms with E-state index in [1.54, 1.807) is 5.37 Å². The molecule has 0 saturated carbocycles. The van der Waals surface area contributed by atoms with Crippen LogP contribution in [0.15, 0.2) is 29.8 Å². The van der Waals surface area contributed by atoms with Crippen LogP contribution in [0.3, 0.4) is 0 Å². The average molecular weight is 322 g/mol. The second-order valence-corrected chi connectivity index (χ2v) is 5.30. The third kappa shape index (κ3) is 5.56. The molecule has 0 heterocycles. The van der Waals surface area contributed by atoms with E-state index in [-0.39, 0.29) is 0 Å². The Kier molecular flexibility index (Phi) is 8.16. The van der Waals surface area contributed by atoms with Crippen molar-refractivity contribution >= 4 is 40.5 Å². The smallest absolute Gasteiger partial charge is 0.188 e. The van der Waals surface area contributed by atoms with Crippen molar-refractivity contribution in [2.45, 2.75) is 33.6 Å². The molecule has 0 radical (unpaired) electrons. The van der Waals surface area contributed by atoms with Crippen LogP contribution in [-0.2, 0) is 11.2 Å². The summed E-state index contributed by atoms with van der Waals surface area (Å²) in [4.78, 5) is 0. The first-order valence-electron chi connectivity index (χ1n) is 7.30. The predicted octanol–water partition coefficient (Wildman–Crippen LogP) is 4.71. The normalized spacial score (nSPS) is 11.1. The number of ether oxygens (including phenoxy) is 1. The molecule has 114 valence electrons. The maximum Gasteiger partial charge on any atom is 0.188 e. The minimum atomic E-state index is 0.572. The van der Waals surface area contributed by atoms with Crippen molar-refractivity contribution in [1.82, 2.24) is 0 Å². The fourth-order valence-corrected chi connectivity index (χ4v) is 2.33. The molecule has 0 unspecified atom stereocenters. The molecule has 0 aliphatic rings. The first-order valence-corrected chi connectivity index (χ1v) is 8.18. The summed E-state index contributed by atoms with van der Waals surface area (Å²) >= 11 is 10.4. The van der Waals surface area contributed by atoms with Gasteiger partial charge in [-0.05, 0) is 43.6 Å². The molecular formula is C17H23NOS2. The lowest BCUT2D eigenvalue weighted by Gasteiger charge is -2.14. The molecule has 0 bridgehead atoms.